The van der Waals surface area contributed by atoms with E-state index in [9.17, 15) is 0 Å². The predicted octanol–water partition coefficient (Wildman–Crippen LogP) is 5.87. The van der Waals surface area contributed by atoms with E-state index in [-0.39, 0.29) is 11.3 Å². The van der Waals surface area contributed by atoms with Gasteiger partial charge in [-0.25, -0.2) is 9.97 Å². The summed E-state index contributed by atoms with van der Waals surface area (Å²) in [5.41, 5.74) is 3.11. The molecule has 0 fully saturated rings. The zero-order valence-corrected chi connectivity index (χ0v) is 14.5. The molecule has 2 rings (SSSR count). The lowest BCUT2D eigenvalue weighted by Gasteiger charge is -2.19. The molecular formula is C17H20Cl2N2. The molecule has 0 atom stereocenters. The van der Waals surface area contributed by atoms with Crippen molar-refractivity contribution in [1.29, 1.82) is 0 Å². The van der Waals surface area contributed by atoms with Gasteiger partial charge in [0.1, 0.15) is 10.3 Å². The van der Waals surface area contributed by atoms with E-state index in [1.807, 2.05) is 26.0 Å². The Morgan fingerprint density at radius 3 is 1.76 bits per heavy atom. The van der Waals surface area contributed by atoms with Gasteiger partial charge in [0.05, 0.1) is 0 Å². The maximum atomic E-state index is 6.25. The largest absolute Gasteiger partial charge is 0.216 e. The summed E-state index contributed by atoms with van der Waals surface area (Å²) in [5.74, 6) is 0.761. The molecule has 2 nitrogen and oxygen atoms in total. The maximum absolute atomic E-state index is 6.25. The maximum Gasteiger partial charge on any atom is 0.162 e. The monoisotopic (exact) mass is 322 g/mol. The van der Waals surface area contributed by atoms with Gasteiger partial charge in [-0.1, -0.05) is 82.1 Å². The van der Waals surface area contributed by atoms with Crippen molar-refractivity contribution in [2.75, 3.05) is 0 Å². The van der Waals surface area contributed by atoms with E-state index in [1.165, 1.54) is 5.56 Å². The summed E-state index contributed by atoms with van der Waals surface area (Å²) >= 11 is 12.5. The topological polar surface area (TPSA) is 25.8 Å². The number of hydrogen-bond acceptors (Lipinski definition) is 2. The third kappa shape index (κ3) is 3.56. The summed E-state index contributed by atoms with van der Waals surface area (Å²) in [7, 11) is 0. The Kier molecular flexibility index (Phi) is 4.60. The van der Waals surface area contributed by atoms with Crippen molar-refractivity contribution in [3.8, 4) is 11.4 Å². The van der Waals surface area contributed by atoms with Crippen molar-refractivity contribution in [3.05, 3.63) is 45.7 Å². The minimum Gasteiger partial charge on any atom is -0.216 e. The highest BCUT2D eigenvalue weighted by Crippen LogP contribution is 2.31. The molecule has 0 aliphatic rings. The third-order valence-electron chi connectivity index (χ3n) is 3.44. The summed E-state index contributed by atoms with van der Waals surface area (Å²) in [5, 5.41) is 0.861. The fraction of sp³-hybridized carbons (Fsp3) is 0.412. The first-order chi connectivity index (χ1) is 9.70. The number of hydrogen-bond donors (Lipinski definition) is 0. The number of nitrogens with zero attached hydrogens (tertiary/aromatic N) is 2. The molecule has 0 unspecified atom stereocenters. The average Bonchev–Trinajstić information content (AvgIpc) is 2.36. The molecule has 4 heteroatoms. The Morgan fingerprint density at radius 2 is 1.38 bits per heavy atom. The summed E-state index contributed by atoms with van der Waals surface area (Å²) in [6.07, 6.45) is 0. The summed E-state index contributed by atoms with van der Waals surface area (Å²) < 4.78 is 0. The average molecular weight is 323 g/mol. The molecule has 21 heavy (non-hydrogen) atoms. The predicted molar refractivity (Wildman–Crippen MR) is 90.3 cm³/mol. The Hall–Kier alpha value is -1.12. The zero-order chi connectivity index (χ0) is 15.8. The van der Waals surface area contributed by atoms with Gasteiger partial charge in [-0.05, 0) is 16.9 Å². The lowest BCUT2D eigenvalue weighted by molar-refractivity contribution is 0.590. The van der Waals surface area contributed by atoms with Crippen LogP contribution in [0.2, 0.25) is 10.3 Å². The van der Waals surface area contributed by atoms with Crippen molar-refractivity contribution < 1.29 is 0 Å². The van der Waals surface area contributed by atoms with Gasteiger partial charge in [0, 0.05) is 11.1 Å². The Balaban J connectivity index is 2.44. The Morgan fingerprint density at radius 1 is 0.905 bits per heavy atom. The van der Waals surface area contributed by atoms with E-state index >= 15 is 0 Å². The van der Waals surface area contributed by atoms with Gasteiger partial charge in [0.15, 0.2) is 5.82 Å². The van der Waals surface area contributed by atoms with Gasteiger partial charge in [0.25, 0.3) is 0 Å². The van der Waals surface area contributed by atoms with Crippen molar-refractivity contribution in [1.82, 2.24) is 9.97 Å². The highest BCUT2D eigenvalue weighted by Gasteiger charge is 2.17. The first-order valence-corrected chi connectivity index (χ1v) is 7.79. The molecule has 1 heterocycles. The van der Waals surface area contributed by atoms with Crippen LogP contribution in [0.25, 0.3) is 11.4 Å². The molecule has 0 spiro atoms. The molecule has 0 saturated carbocycles. The highest BCUT2D eigenvalue weighted by molar-refractivity contribution is 6.34. The van der Waals surface area contributed by atoms with Crippen molar-refractivity contribution >= 4 is 23.2 Å². The molecule has 2 aromatic rings. The van der Waals surface area contributed by atoms with E-state index in [4.69, 9.17) is 23.2 Å². The lowest BCUT2D eigenvalue weighted by atomic mass is 9.87. The molecule has 0 aliphatic carbocycles. The molecule has 1 aromatic heterocycles. The molecule has 0 radical (unpaired) electrons. The van der Waals surface area contributed by atoms with Gasteiger partial charge < -0.3 is 0 Å². The first-order valence-electron chi connectivity index (χ1n) is 7.04. The SMILES string of the molecule is CC(C)c1c(Cl)nc(-c2ccc(C(C)(C)C)cc2)nc1Cl. The molecule has 0 amide bonds. The van der Waals surface area contributed by atoms with Crippen LogP contribution >= 0.6 is 23.2 Å². The standard InChI is InChI=1S/C17H20Cl2N2/c1-10(2)13-14(18)20-16(21-15(13)19)11-6-8-12(9-7-11)17(3,4)5/h6-10H,1-5H3. The fourth-order valence-electron chi connectivity index (χ4n) is 2.14. The van der Waals surface area contributed by atoms with Crippen LogP contribution in [0.3, 0.4) is 0 Å². The molecular weight excluding hydrogens is 303 g/mol. The summed E-state index contributed by atoms with van der Waals surface area (Å²) in [6.45, 7) is 10.6. The van der Waals surface area contributed by atoms with E-state index in [0.29, 0.717) is 16.1 Å². The van der Waals surface area contributed by atoms with Crippen molar-refractivity contribution in [3.63, 3.8) is 0 Å². The van der Waals surface area contributed by atoms with Crippen molar-refractivity contribution in [2.45, 2.75) is 46.0 Å². The van der Waals surface area contributed by atoms with Crippen LogP contribution in [-0.4, -0.2) is 9.97 Å². The smallest absolute Gasteiger partial charge is 0.162 e. The van der Waals surface area contributed by atoms with Crippen LogP contribution in [0.4, 0.5) is 0 Å². The number of halogens is 2. The second kappa shape index (κ2) is 5.94. The molecule has 0 aliphatic heterocycles. The molecule has 1 aromatic carbocycles. The molecule has 0 N–H and O–H groups in total. The van der Waals surface area contributed by atoms with Gasteiger partial charge in [-0.15, -0.1) is 0 Å². The third-order valence-corrected chi connectivity index (χ3v) is 4.02. The lowest BCUT2D eigenvalue weighted by Crippen LogP contribution is -2.10. The van der Waals surface area contributed by atoms with Gasteiger partial charge in [-0.2, -0.15) is 0 Å². The first kappa shape index (κ1) is 16.3. The minimum atomic E-state index is 0.121. The number of rotatable bonds is 2. The minimum absolute atomic E-state index is 0.121. The van der Waals surface area contributed by atoms with E-state index in [1.54, 1.807) is 0 Å². The summed E-state index contributed by atoms with van der Waals surface area (Å²) in [4.78, 5) is 8.77. The second-order valence-electron chi connectivity index (χ2n) is 6.52. The fourth-order valence-corrected chi connectivity index (χ4v) is 2.97. The number of aromatic nitrogens is 2. The quantitative estimate of drug-likeness (QED) is 0.646. The van der Waals surface area contributed by atoms with E-state index in [2.05, 4.69) is 42.9 Å². The van der Waals surface area contributed by atoms with E-state index < -0.39 is 0 Å². The molecule has 0 bridgehead atoms. The zero-order valence-electron chi connectivity index (χ0n) is 13.0. The number of benzene rings is 1. The van der Waals surface area contributed by atoms with Gasteiger partial charge in [-0.3, -0.25) is 0 Å². The second-order valence-corrected chi connectivity index (χ2v) is 7.24. The Labute approximate surface area is 136 Å². The van der Waals surface area contributed by atoms with Crippen LogP contribution < -0.4 is 0 Å². The van der Waals surface area contributed by atoms with Crippen molar-refractivity contribution in [2.24, 2.45) is 0 Å². The van der Waals surface area contributed by atoms with Crippen LogP contribution in [-0.2, 0) is 5.41 Å². The van der Waals surface area contributed by atoms with Gasteiger partial charge >= 0.3 is 0 Å². The van der Waals surface area contributed by atoms with Gasteiger partial charge in [0.2, 0.25) is 0 Å². The van der Waals surface area contributed by atoms with E-state index in [0.717, 1.165) is 11.1 Å². The normalized spacial score (nSPS) is 12.0. The Bertz CT molecular complexity index is 618. The van der Waals surface area contributed by atoms with Crippen LogP contribution in [0, 0.1) is 0 Å². The highest BCUT2D eigenvalue weighted by atomic mass is 35.5. The van der Waals surface area contributed by atoms with Crippen LogP contribution in [0.15, 0.2) is 24.3 Å². The molecule has 0 saturated heterocycles. The summed E-state index contributed by atoms with van der Waals surface area (Å²) in [6, 6.07) is 8.21. The molecule has 112 valence electrons. The van der Waals surface area contributed by atoms with Crippen LogP contribution in [0.5, 0.6) is 0 Å². The van der Waals surface area contributed by atoms with Crippen LogP contribution in [0.1, 0.15) is 51.7 Å².